The van der Waals surface area contributed by atoms with Gasteiger partial charge < -0.3 is 19.7 Å². The van der Waals surface area contributed by atoms with Gasteiger partial charge in [0.15, 0.2) is 0 Å². The van der Waals surface area contributed by atoms with E-state index in [1.807, 2.05) is 12.1 Å². The van der Waals surface area contributed by atoms with Gasteiger partial charge in [0, 0.05) is 64.5 Å². The van der Waals surface area contributed by atoms with Crippen molar-refractivity contribution >= 4 is 0 Å². The maximum absolute atomic E-state index is 5.70. The normalized spacial score (nSPS) is 21.9. The largest absolute Gasteiger partial charge is 0.497 e. The van der Waals surface area contributed by atoms with Crippen LogP contribution in [0.4, 0.5) is 0 Å². The fourth-order valence-corrected chi connectivity index (χ4v) is 3.78. The van der Waals surface area contributed by atoms with E-state index in [-0.39, 0.29) is 0 Å². The molecular formula is C19H32N4O2. The van der Waals surface area contributed by atoms with Gasteiger partial charge in [-0.15, -0.1) is 0 Å². The van der Waals surface area contributed by atoms with Crippen LogP contribution in [0.15, 0.2) is 18.2 Å². The zero-order valence-electron chi connectivity index (χ0n) is 15.8. The average Bonchev–Trinajstić information content (AvgIpc) is 2.67. The molecule has 2 heterocycles. The Kier molecular flexibility index (Phi) is 6.53. The molecule has 140 valence electrons. The Labute approximate surface area is 151 Å². The minimum Gasteiger partial charge on any atom is -0.497 e. The van der Waals surface area contributed by atoms with Crippen LogP contribution in [0.2, 0.25) is 0 Å². The zero-order chi connectivity index (χ0) is 17.6. The molecule has 0 amide bonds. The maximum Gasteiger partial charge on any atom is 0.123 e. The molecule has 0 aromatic heterocycles. The predicted octanol–water partition coefficient (Wildman–Crippen LogP) is 0.898. The second-order valence-corrected chi connectivity index (χ2v) is 7.01. The highest BCUT2D eigenvalue weighted by atomic mass is 16.5. The molecule has 1 atom stereocenters. The number of nitrogens with one attached hydrogen (secondary N) is 1. The molecule has 0 spiro atoms. The Morgan fingerprint density at radius 1 is 1.00 bits per heavy atom. The van der Waals surface area contributed by atoms with Crippen LogP contribution < -0.4 is 14.8 Å². The first-order valence-electron chi connectivity index (χ1n) is 9.29. The highest BCUT2D eigenvalue weighted by molar-refractivity contribution is 5.42. The molecule has 1 N–H and O–H groups in total. The van der Waals surface area contributed by atoms with E-state index >= 15 is 0 Å². The van der Waals surface area contributed by atoms with E-state index < -0.39 is 0 Å². The first kappa shape index (κ1) is 18.5. The van der Waals surface area contributed by atoms with E-state index in [0.717, 1.165) is 70.4 Å². The van der Waals surface area contributed by atoms with Crippen molar-refractivity contribution in [3.63, 3.8) is 0 Å². The van der Waals surface area contributed by atoms with Gasteiger partial charge in [0.05, 0.1) is 20.3 Å². The van der Waals surface area contributed by atoms with Crippen LogP contribution in [-0.2, 0) is 0 Å². The number of hydrogen-bond acceptors (Lipinski definition) is 6. The summed E-state index contributed by atoms with van der Waals surface area (Å²) in [6, 6.07) is 6.50. The molecule has 0 radical (unpaired) electrons. The Bertz CT molecular complexity index is 540. The number of likely N-dealkylation sites (N-methyl/N-ethyl adjacent to an activating group) is 1. The third-order valence-electron chi connectivity index (χ3n) is 5.42. The maximum atomic E-state index is 5.70. The summed E-state index contributed by atoms with van der Waals surface area (Å²) in [6.45, 7) is 9.82. The molecule has 2 aliphatic heterocycles. The average molecular weight is 348 g/mol. The van der Waals surface area contributed by atoms with Gasteiger partial charge in [-0.3, -0.25) is 9.80 Å². The van der Waals surface area contributed by atoms with Crippen LogP contribution in [-0.4, -0.2) is 94.9 Å². The molecule has 6 heteroatoms. The Morgan fingerprint density at radius 3 is 2.36 bits per heavy atom. The summed E-state index contributed by atoms with van der Waals surface area (Å²) < 4.78 is 11.2. The molecule has 6 nitrogen and oxygen atoms in total. The van der Waals surface area contributed by atoms with Crippen LogP contribution in [0, 0.1) is 0 Å². The van der Waals surface area contributed by atoms with Gasteiger partial charge in [0.1, 0.15) is 11.5 Å². The summed E-state index contributed by atoms with van der Waals surface area (Å²) >= 11 is 0. The number of piperazine rings is 2. The van der Waals surface area contributed by atoms with E-state index in [1.165, 1.54) is 5.56 Å². The van der Waals surface area contributed by atoms with Crippen LogP contribution in [0.5, 0.6) is 11.5 Å². The molecular weight excluding hydrogens is 316 g/mol. The van der Waals surface area contributed by atoms with Crippen molar-refractivity contribution in [2.24, 2.45) is 0 Å². The molecule has 25 heavy (non-hydrogen) atoms. The third kappa shape index (κ3) is 4.64. The molecule has 1 aromatic rings. The number of methoxy groups -OCH3 is 2. The fraction of sp³-hybridized carbons (Fsp3) is 0.684. The van der Waals surface area contributed by atoms with Crippen LogP contribution >= 0.6 is 0 Å². The Morgan fingerprint density at radius 2 is 1.72 bits per heavy atom. The highest BCUT2D eigenvalue weighted by Crippen LogP contribution is 2.33. The second kappa shape index (κ2) is 8.85. The fourth-order valence-electron chi connectivity index (χ4n) is 3.78. The summed E-state index contributed by atoms with van der Waals surface area (Å²) in [4.78, 5) is 7.58. The van der Waals surface area contributed by atoms with Crippen molar-refractivity contribution in [3.8, 4) is 11.5 Å². The van der Waals surface area contributed by atoms with Crippen LogP contribution in [0.1, 0.15) is 11.6 Å². The van der Waals surface area contributed by atoms with Crippen molar-refractivity contribution in [3.05, 3.63) is 23.8 Å². The molecule has 0 aliphatic carbocycles. The summed E-state index contributed by atoms with van der Waals surface area (Å²) in [7, 11) is 5.69. The van der Waals surface area contributed by atoms with Gasteiger partial charge in [0.25, 0.3) is 0 Å². The van der Waals surface area contributed by atoms with Gasteiger partial charge in [-0.1, -0.05) is 0 Å². The second-order valence-electron chi connectivity index (χ2n) is 7.01. The molecule has 1 aromatic carbocycles. The number of benzene rings is 1. The SMILES string of the molecule is COc1ccc(OC)c(C(CN2CCN(C)CC2)N2CCNCC2)c1. The quantitative estimate of drug-likeness (QED) is 0.824. The third-order valence-corrected chi connectivity index (χ3v) is 5.42. The van der Waals surface area contributed by atoms with Crippen molar-refractivity contribution in [2.45, 2.75) is 6.04 Å². The summed E-state index contributed by atoms with van der Waals surface area (Å²) in [5, 5.41) is 3.46. The van der Waals surface area contributed by atoms with Crippen molar-refractivity contribution in [1.82, 2.24) is 20.0 Å². The lowest BCUT2D eigenvalue weighted by Crippen LogP contribution is -2.51. The van der Waals surface area contributed by atoms with Crippen molar-refractivity contribution in [1.29, 1.82) is 0 Å². The monoisotopic (exact) mass is 348 g/mol. The molecule has 2 saturated heterocycles. The summed E-state index contributed by atoms with van der Waals surface area (Å²) in [5.74, 6) is 1.85. The minimum absolute atomic E-state index is 0.329. The number of rotatable bonds is 6. The first-order valence-corrected chi connectivity index (χ1v) is 9.29. The standard InChI is InChI=1S/C19H32N4O2/c1-21-10-12-22(13-11-21)15-18(23-8-6-20-7-9-23)17-14-16(24-2)4-5-19(17)25-3/h4-5,14,18,20H,6-13,15H2,1-3H3. The lowest BCUT2D eigenvalue weighted by Gasteiger charge is -2.40. The van der Waals surface area contributed by atoms with Gasteiger partial charge in [0.2, 0.25) is 0 Å². The Hall–Kier alpha value is -1.34. The van der Waals surface area contributed by atoms with Crippen LogP contribution in [0.25, 0.3) is 0 Å². The van der Waals surface area contributed by atoms with E-state index in [1.54, 1.807) is 14.2 Å². The van der Waals surface area contributed by atoms with E-state index in [2.05, 4.69) is 33.1 Å². The van der Waals surface area contributed by atoms with Gasteiger partial charge in [-0.2, -0.15) is 0 Å². The summed E-state index contributed by atoms with van der Waals surface area (Å²) in [6.07, 6.45) is 0. The molecule has 3 rings (SSSR count). The molecule has 1 unspecified atom stereocenters. The predicted molar refractivity (Wildman–Crippen MR) is 101 cm³/mol. The first-order chi connectivity index (χ1) is 12.2. The van der Waals surface area contributed by atoms with Crippen molar-refractivity contribution in [2.75, 3.05) is 80.2 Å². The van der Waals surface area contributed by atoms with E-state index in [0.29, 0.717) is 6.04 Å². The van der Waals surface area contributed by atoms with Gasteiger partial charge in [-0.25, -0.2) is 0 Å². The highest BCUT2D eigenvalue weighted by Gasteiger charge is 2.28. The zero-order valence-corrected chi connectivity index (χ0v) is 15.8. The number of hydrogen-bond donors (Lipinski definition) is 1. The van der Waals surface area contributed by atoms with Crippen molar-refractivity contribution < 1.29 is 9.47 Å². The number of nitrogens with zero attached hydrogens (tertiary/aromatic N) is 3. The Balaban J connectivity index is 1.85. The van der Waals surface area contributed by atoms with Crippen LogP contribution in [0.3, 0.4) is 0 Å². The molecule has 2 fully saturated rings. The van der Waals surface area contributed by atoms with E-state index in [9.17, 15) is 0 Å². The molecule has 2 aliphatic rings. The molecule has 0 bridgehead atoms. The van der Waals surface area contributed by atoms with Gasteiger partial charge >= 0.3 is 0 Å². The minimum atomic E-state index is 0.329. The smallest absolute Gasteiger partial charge is 0.123 e. The lowest BCUT2D eigenvalue weighted by molar-refractivity contribution is 0.0910. The number of ether oxygens (including phenoxy) is 2. The lowest BCUT2D eigenvalue weighted by atomic mass is 10.0. The topological polar surface area (TPSA) is 40.2 Å². The van der Waals surface area contributed by atoms with Gasteiger partial charge in [-0.05, 0) is 25.2 Å². The summed E-state index contributed by atoms with van der Waals surface area (Å²) in [5.41, 5.74) is 1.24. The van der Waals surface area contributed by atoms with E-state index in [4.69, 9.17) is 9.47 Å². The molecule has 0 saturated carbocycles.